The largest absolute Gasteiger partial charge is 0.413 e. The Bertz CT molecular complexity index is 144. The first kappa shape index (κ1) is 15.2. The SMILES string of the molecule is CC(CCNCCC(C)[SiH](O)O)[SiH](O)O. The third kappa shape index (κ3) is 8.08. The van der Waals surface area contributed by atoms with Crippen LogP contribution >= 0.6 is 0 Å². The van der Waals surface area contributed by atoms with Gasteiger partial charge in [0.25, 0.3) is 0 Å². The van der Waals surface area contributed by atoms with Crippen molar-refractivity contribution in [3.05, 3.63) is 0 Å². The quantitative estimate of drug-likeness (QED) is 0.269. The zero-order chi connectivity index (χ0) is 11.8. The topological polar surface area (TPSA) is 93.0 Å². The number of hydrogen-bond acceptors (Lipinski definition) is 5. The Balaban J connectivity index is 3.32. The van der Waals surface area contributed by atoms with Gasteiger partial charge in [-0.3, -0.25) is 0 Å². The molecule has 0 aromatic carbocycles. The predicted molar refractivity (Wildman–Crippen MR) is 64.1 cm³/mol. The van der Waals surface area contributed by atoms with E-state index in [-0.39, 0.29) is 11.1 Å². The number of nitrogens with one attached hydrogen (secondary N) is 1. The van der Waals surface area contributed by atoms with Gasteiger partial charge in [0.1, 0.15) is 0 Å². The van der Waals surface area contributed by atoms with E-state index in [2.05, 4.69) is 5.32 Å². The highest BCUT2D eigenvalue weighted by molar-refractivity contribution is 6.43. The molecule has 0 spiro atoms. The smallest absolute Gasteiger partial charge is 0.318 e. The van der Waals surface area contributed by atoms with Crippen LogP contribution in [-0.2, 0) is 0 Å². The molecule has 0 aromatic heterocycles. The van der Waals surface area contributed by atoms with Crippen molar-refractivity contribution < 1.29 is 19.2 Å². The number of hydrogen-bond donors (Lipinski definition) is 5. The van der Waals surface area contributed by atoms with Crippen molar-refractivity contribution in [1.29, 1.82) is 0 Å². The first-order valence-electron chi connectivity index (χ1n) is 5.38. The zero-order valence-electron chi connectivity index (χ0n) is 9.43. The van der Waals surface area contributed by atoms with Crippen LogP contribution in [0.15, 0.2) is 0 Å². The highest BCUT2D eigenvalue weighted by atomic mass is 28.3. The van der Waals surface area contributed by atoms with Crippen molar-refractivity contribution in [3.8, 4) is 0 Å². The minimum Gasteiger partial charge on any atom is -0.413 e. The third-order valence-corrected chi connectivity index (χ3v) is 5.27. The molecule has 0 bridgehead atoms. The molecule has 5 N–H and O–H groups in total. The highest BCUT2D eigenvalue weighted by Crippen LogP contribution is 2.10. The normalized spacial score (nSPS) is 16.0. The molecule has 2 unspecified atom stereocenters. The van der Waals surface area contributed by atoms with E-state index in [0.717, 1.165) is 25.9 Å². The fourth-order valence-electron chi connectivity index (χ4n) is 1.08. The molecule has 0 amide bonds. The van der Waals surface area contributed by atoms with Crippen LogP contribution in [0.3, 0.4) is 0 Å². The molecule has 5 nitrogen and oxygen atoms in total. The fraction of sp³-hybridized carbons (Fsp3) is 1.00. The molecular weight excluding hydrogens is 230 g/mol. The highest BCUT2D eigenvalue weighted by Gasteiger charge is 2.14. The van der Waals surface area contributed by atoms with Gasteiger partial charge in [-0.1, -0.05) is 13.8 Å². The maximum absolute atomic E-state index is 8.94. The second-order valence-corrected chi connectivity index (χ2v) is 8.04. The van der Waals surface area contributed by atoms with Crippen LogP contribution in [0.2, 0.25) is 11.1 Å². The Morgan fingerprint density at radius 3 is 1.47 bits per heavy atom. The lowest BCUT2D eigenvalue weighted by Crippen LogP contribution is -2.26. The summed E-state index contributed by atoms with van der Waals surface area (Å²) in [6.45, 7) is 5.18. The van der Waals surface area contributed by atoms with Crippen LogP contribution in [0, 0.1) is 0 Å². The van der Waals surface area contributed by atoms with Crippen molar-refractivity contribution >= 4 is 18.6 Å². The Morgan fingerprint density at radius 2 is 1.20 bits per heavy atom. The first-order chi connectivity index (χ1) is 6.95. The van der Waals surface area contributed by atoms with Crippen molar-refractivity contribution in [3.63, 3.8) is 0 Å². The van der Waals surface area contributed by atoms with Crippen LogP contribution < -0.4 is 5.32 Å². The van der Waals surface area contributed by atoms with Crippen molar-refractivity contribution in [1.82, 2.24) is 5.32 Å². The van der Waals surface area contributed by atoms with Crippen LogP contribution in [0.5, 0.6) is 0 Å². The van der Waals surface area contributed by atoms with Gasteiger partial charge in [0.2, 0.25) is 0 Å². The summed E-state index contributed by atoms with van der Waals surface area (Å²) in [7, 11) is -4.93. The predicted octanol–water partition coefficient (Wildman–Crippen LogP) is -1.45. The maximum atomic E-state index is 8.94. The second kappa shape index (κ2) is 8.39. The van der Waals surface area contributed by atoms with Crippen molar-refractivity contribution in [2.24, 2.45) is 0 Å². The Labute approximate surface area is 94.5 Å². The van der Waals surface area contributed by atoms with Gasteiger partial charge in [-0.15, -0.1) is 0 Å². The van der Waals surface area contributed by atoms with Gasteiger partial charge < -0.3 is 24.5 Å². The average Bonchev–Trinajstić information content (AvgIpc) is 2.16. The molecule has 0 rings (SSSR count). The first-order valence-corrected chi connectivity index (χ1v) is 8.78. The molecule has 0 aromatic rings. The van der Waals surface area contributed by atoms with E-state index < -0.39 is 18.6 Å². The molecule has 0 radical (unpaired) electrons. The minimum atomic E-state index is -2.47. The zero-order valence-corrected chi connectivity index (χ0v) is 11.7. The van der Waals surface area contributed by atoms with Gasteiger partial charge in [-0.2, -0.15) is 0 Å². The van der Waals surface area contributed by atoms with Crippen LogP contribution in [0.1, 0.15) is 26.7 Å². The van der Waals surface area contributed by atoms with Gasteiger partial charge in [-0.05, 0) is 37.0 Å². The Morgan fingerprint density at radius 1 is 0.867 bits per heavy atom. The van der Waals surface area contributed by atoms with Gasteiger partial charge >= 0.3 is 18.6 Å². The Hall–Kier alpha value is 0.234. The summed E-state index contributed by atoms with van der Waals surface area (Å²) in [5, 5.41) is 3.16. The van der Waals surface area contributed by atoms with E-state index in [4.69, 9.17) is 19.2 Å². The fourth-order valence-corrected chi connectivity index (χ4v) is 2.01. The molecule has 0 aliphatic rings. The van der Waals surface area contributed by atoms with E-state index in [9.17, 15) is 0 Å². The van der Waals surface area contributed by atoms with E-state index in [1.165, 1.54) is 0 Å². The number of rotatable bonds is 8. The summed E-state index contributed by atoms with van der Waals surface area (Å²) in [6.07, 6.45) is 1.52. The van der Waals surface area contributed by atoms with Gasteiger partial charge in [-0.25, -0.2) is 0 Å². The summed E-state index contributed by atoms with van der Waals surface area (Å²) in [6, 6.07) is 0. The lowest BCUT2D eigenvalue weighted by molar-refractivity contribution is 0.378. The van der Waals surface area contributed by atoms with E-state index in [1.54, 1.807) is 0 Å². The average molecular weight is 253 g/mol. The third-order valence-electron chi connectivity index (χ3n) is 2.57. The van der Waals surface area contributed by atoms with Crippen LogP contribution in [0.4, 0.5) is 0 Å². The van der Waals surface area contributed by atoms with Gasteiger partial charge in [0.15, 0.2) is 0 Å². The molecular formula is C8H23NO4Si2. The monoisotopic (exact) mass is 253 g/mol. The Kier molecular flexibility index (Phi) is 8.52. The van der Waals surface area contributed by atoms with Crippen molar-refractivity contribution in [2.45, 2.75) is 37.8 Å². The molecule has 15 heavy (non-hydrogen) atoms. The molecule has 0 saturated heterocycles. The van der Waals surface area contributed by atoms with Crippen LogP contribution in [-0.4, -0.2) is 50.8 Å². The van der Waals surface area contributed by atoms with Gasteiger partial charge in [0.05, 0.1) is 0 Å². The minimum absolute atomic E-state index is 0.00716. The molecule has 0 aliphatic carbocycles. The lowest BCUT2D eigenvalue weighted by Gasteiger charge is -2.14. The van der Waals surface area contributed by atoms with E-state index in [0.29, 0.717) is 0 Å². The molecule has 0 fully saturated rings. The molecule has 0 saturated carbocycles. The summed E-state index contributed by atoms with van der Waals surface area (Å²) in [5.74, 6) is 0. The molecule has 2 atom stereocenters. The van der Waals surface area contributed by atoms with Crippen molar-refractivity contribution in [2.75, 3.05) is 13.1 Å². The van der Waals surface area contributed by atoms with E-state index in [1.807, 2.05) is 13.8 Å². The van der Waals surface area contributed by atoms with Gasteiger partial charge in [0, 0.05) is 0 Å². The van der Waals surface area contributed by atoms with Crippen LogP contribution in [0.25, 0.3) is 0 Å². The lowest BCUT2D eigenvalue weighted by atomic mass is 10.3. The molecule has 92 valence electrons. The summed E-state index contributed by atoms with van der Waals surface area (Å²) >= 11 is 0. The summed E-state index contributed by atoms with van der Waals surface area (Å²) in [5.41, 5.74) is 0.0143. The van der Waals surface area contributed by atoms with E-state index >= 15 is 0 Å². The standard InChI is InChI=1S/C8H23NO4Si2/c1-7(14(10)11)3-5-9-6-4-8(2)15(12)13/h7-15H,3-6H2,1-2H3. The second-order valence-electron chi connectivity index (χ2n) is 4.11. The summed E-state index contributed by atoms with van der Waals surface area (Å²) < 4.78 is 0. The maximum Gasteiger partial charge on any atom is 0.318 e. The summed E-state index contributed by atoms with van der Waals surface area (Å²) in [4.78, 5) is 35.8. The molecule has 0 aliphatic heterocycles. The molecule has 0 heterocycles. The molecule has 7 heteroatoms.